The predicted octanol–water partition coefficient (Wildman–Crippen LogP) is 1.98. The zero-order valence-corrected chi connectivity index (χ0v) is 12.0. The van der Waals surface area contributed by atoms with Gasteiger partial charge < -0.3 is 14.8 Å². The summed E-state index contributed by atoms with van der Waals surface area (Å²) in [4.78, 5) is 11.6. The van der Waals surface area contributed by atoms with Crippen molar-refractivity contribution in [1.29, 1.82) is 0 Å². The molecule has 1 aromatic carbocycles. The molecule has 2 unspecified atom stereocenters. The second-order valence-corrected chi connectivity index (χ2v) is 4.55. The lowest BCUT2D eigenvalue weighted by atomic mass is 9.85. The fourth-order valence-corrected chi connectivity index (χ4v) is 2.53. The van der Waals surface area contributed by atoms with Gasteiger partial charge in [0, 0.05) is 19.0 Å². The maximum absolute atomic E-state index is 11.6. The fraction of sp³-hybridized carbons (Fsp3) is 0.500. The Bertz CT molecular complexity index is 425. The van der Waals surface area contributed by atoms with Crippen molar-refractivity contribution in [1.82, 2.24) is 5.32 Å². The molecule has 19 heavy (non-hydrogen) atoms. The molecule has 0 bridgehead atoms. The minimum absolute atomic E-state index is 0. The summed E-state index contributed by atoms with van der Waals surface area (Å²) >= 11 is 0. The molecule has 0 amide bonds. The van der Waals surface area contributed by atoms with E-state index in [-0.39, 0.29) is 24.3 Å². The number of nitrogens with one attached hydrogen (secondary N) is 1. The van der Waals surface area contributed by atoms with Gasteiger partial charge in [-0.3, -0.25) is 4.79 Å². The van der Waals surface area contributed by atoms with Crippen molar-refractivity contribution in [2.45, 2.75) is 12.3 Å². The molecule has 0 spiro atoms. The lowest BCUT2D eigenvalue weighted by molar-refractivity contribution is -0.146. The summed E-state index contributed by atoms with van der Waals surface area (Å²) in [6.07, 6.45) is 0.806. The fourth-order valence-electron chi connectivity index (χ4n) is 2.53. The zero-order valence-electron chi connectivity index (χ0n) is 11.2. The van der Waals surface area contributed by atoms with E-state index in [2.05, 4.69) is 11.4 Å². The molecular formula is C14H20ClNO3. The van der Waals surface area contributed by atoms with Gasteiger partial charge in [-0.05, 0) is 18.1 Å². The first-order valence-electron chi connectivity index (χ1n) is 6.17. The van der Waals surface area contributed by atoms with Crippen LogP contribution in [0.5, 0.6) is 5.75 Å². The molecule has 0 radical (unpaired) electrons. The lowest BCUT2D eigenvalue weighted by Crippen LogP contribution is -2.39. The summed E-state index contributed by atoms with van der Waals surface area (Å²) in [7, 11) is 3.11. The summed E-state index contributed by atoms with van der Waals surface area (Å²) in [6, 6.07) is 7.97. The number of benzene rings is 1. The van der Waals surface area contributed by atoms with E-state index in [1.165, 1.54) is 7.11 Å². The quantitative estimate of drug-likeness (QED) is 0.863. The molecule has 2 rings (SSSR count). The van der Waals surface area contributed by atoms with Gasteiger partial charge in [0.1, 0.15) is 5.75 Å². The molecular weight excluding hydrogens is 266 g/mol. The summed E-state index contributed by atoms with van der Waals surface area (Å²) in [5.41, 5.74) is 1.15. The number of carbonyl (C=O) groups excluding carboxylic acids is 1. The molecule has 1 fully saturated rings. The van der Waals surface area contributed by atoms with E-state index in [1.54, 1.807) is 7.11 Å². The second-order valence-electron chi connectivity index (χ2n) is 4.55. The Morgan fingerprint density at radius 1 is 1.26 bits per heavy atom. The van der Waals surface area contributed by atoms with Gasteiger partial charge in [0.25, 0.3) is 0 Å². The average Bonchev–Trinajstić information content (AvgIpc) is 2.46. The van der Waals surface area contributed by atoms with Gasteiger partial charge in [0.05, 0.1) is 20.1 Å². The highest BCUT2D eigenvalue weighted by Crippen LogP contribution is 2.32. The molecule has 1 heterocycles. The minimum Gasteiger partial charge on any atom is -0.496 e. The molecule has 1 aromatic rings. The molecule has 1 N–H and O–H groups in total. The van der Waals surface area contributed by atoms with Crippen LogP contribution in [0.4, 0.5) is 0 Å². The van der Waals surface area contributed by atoms with Crippen LogP contribution in [0, 0.1) is 5.92 Å². The topological polar surface area (TPSA) is 47.6 Å². The number of halogens is 1. The molecule has 0 saturated carbocycles. The Morgan fingerprint density at radius 2 is 2.00 bits per heavy atom. The van der Waals surface area contributed by atoms with Gasteiger partial charge >= 0.3 is 5.97 Å². The first-order valence-corrected chi connectivity index (χ1v) is 6.17. The highest BCUT2D eigenvalue weighted by Gasteiger charge is 2.29. The van der Waals surface area contributed by atoms with Crippen LogP contribution in [0.15, 0.2) is 24.3 Å². The van der Waals surface area contributed by atoms with E-state index in [0.717, 1.165) is 24.3 Å². The third kappa shape index (κ3) is 3.61. The van der Waals surface area contributed by atoms with Gasteiger partial charge in [0.2, 0.25) is 0 Å². The number of hydrogen-bond donors (Lipinski definition) is 1. The van der Waals surface area contributed by atoms with Crippen LogP contribution in [0.25, 0.3) is 0 Å². The van der Waals surface area contributed by atoms with Crippen LogP contribution < -0.4 is 10.1 Å². The van der Waals surface area contributed by atoms with Gasteiger partial charge in [-0.15, -0.1) is 12.4 Å². The molecule has 4 nitrogen and oxygen atoms in total. The third-order valence-corrected chi connectivity index (χ3v) is 3.46. The molecule has 5 heteroatoms. The number of esters is 1. The predicted molar refractivity (Wildman–Crippen MR) is 76.0 cm³/mol. The van der Waals surface area contributed by atoms with Crippen LogP contribution in [0.2, 0.25) is 0 Å². The standard InChI is InChI=1S/C14H19NO3.ClH/c1-17-13-6-4-3-5-12(13)10-7-11(9-15-8-10)14(16)18-2;/h3-6,10-11,15H,7-9H2,1-2H3;1H. The highest BCUT2D eigenvalue weighted by atomic mass is 35.5. The van der Waals surface area contributed by atoms with Gasteiger partial charge in [-0.25, -0.2) is 0 Å². The van der Waals surface area contributed by atoms with Crippen LogP contribution in [-0.4, -0.2) is 33.3 Å². The zero-order chi connectivity index (χ0) is 13.0. The average molecular weight is 286 g/mol. The number of rotatable bonds is 3. The minimum atomic E-state index is -0.137. The number of methoxy groups -OCH3 is 2. The molecule has 106 valence electrons. The van der Waals surface area contributed by atoms with E-state index >= 15 is 0 Å². The second kappa shape index (κ2) is 7.36. The molecule has 1 aliphatic heterocycles. The van der Waals surface area contributed by atoms with E-state index in [1.807, 2.05) is 18.2 Å². The maximum atomic E-state index is 11.6. The first-order chi connectivity index (χ1) is 8.76. The normalized spacial score (nSPS) is 22.2. The molecule has 2 atom stereocenters. The van der Waals surface area contributed by atoms with E-state index in [0.29, 0.717) is 12.5 Å². The third-order valence-electron chi connectivity index (χ3n) is 3.46. The van der Waals surface area contributed by atoms with Crippen LogP contribution >= 0.6 is 12.4 Å². The highest BCUT2D eigenvalue weighted by molar-refractivity contribution is 5.85. The van der Waals surface area contributed by atoms with Crippen LogP contribution in [0.1, 0.15) is 17.9 Å². The summed E-state index contributed by atoms with van der Waals surface area (Å²) in [5, 5.41) is 3.29. The molecule has 0 aliphatic carbocycles. The van der Waals surface area contributed by atoms with Crippen molar-refractivity contribution in [2.24, 2.45) is 5.92 Å². The maximum Gasteiger partial charge on any atom is 0.309 e. The first kappa shape index (κ1) is 15.8. The van der Waals surface area contributed by atoms with Gasteiger partial charge in [-0.1, -0.05) is 18.2 Å². The smallest absolute Gasteiger partial charge is 0.309 e. The monoisotopic (exact) mass is 285 g/mol. The SMILES string of the molecule is COC(=O)C1CNCC(c2ccccc2OC)C1.Cl. The number of carbonyl (C=O) groups is 1. The number of hydrogen-bond acceptors (Lipinski definition) is 4. The summed E-state index contributed by atoms with van der Waals surface area (Å²) in [6.45, 7) is 1.56. The Labute approximate surface area is 119 Å². The van der Waals surface area contributed by atoms with Crippen molar-refractivity contribution in [2.75, 3.05) is 27.3 Å². The van der Waals surface area contributed by atoms with Crippen molar-refractivity contribution >= 4 is 18.4 Å². The molecule has 1 saturated heterocycles. The van der Waals surface area contributed by atoms with E-state index < -0.39 is 0 Å². The van der Waals surface area contributed by atoms with Gasteiger partial charge in [-0.2, -0.15) is 0 Å². The number of piperidine rings is 1. The van der Waals surface area contributed by atoms with Crippen molar-refractivity contribution in [3.05, 3.63) is 29.8 Å². The van der Waals surface area contributed by atoms with Crippen LogP contribution in [-0.2, 0) is 9.53 Å². The van der Waals surface area contributed by atoms with Crippen molar-refractivity contribution in [3.8, 4) is 5.75 Å². The van der Waals surface area contributed by atoms with E-state index in [9.17, 15) is 4.79 Å². The van der Waals surface area contributed by atoms with Crippen LogP contribution in [0.3, 0.4) is 0 Å². The Hall–Kier alpha value is -1.26. The number of ether oxygens (including phenoxy) is 2. The molecule has 1 aliphatic rings. The largest absolute Gasteiger partial charge is 0.496 e. The van der Waals surface area contributed by atoms with E-state index in [4.69, 9.17) is 9.47 Å². The Balaban J connectivity index is 0.00000180. The van der Waals surface area contributed by atoms with Gasteiger partial charge in [0.15, 0.2) is 0 Å². The van der Waals surface area contributed by atoms with Crippen molar-refractivity contribution < 1.29 is 14.3 Å². The summed E-state index contributed by atoms with van der Waals surface area (Å²) < 4.78 is 10.2. The van der Waals surface area contributed by atoms with Crippen molar-refractivity contribution in [3.63, 3.8) is 0 Å². The Kier molecular flexibility index (Phi) is 6.12. The molecule has 0 aromatic heterocycles. The Morgan fingerprint density at radius 3 is 2.68 bits per heavy atom. The number of para-hydroxylation sites is 1. The lowest BCUT2D eigenvalue weighted by Gasteiger charge is -2.29. The summed E-state index contributed by atoms with van der Waals surface area (Å²) in [5.74, 6) is 0.967.